The molecule has 2 aromatic carbocycles. The highest BCUT2D eigenvalue weighted by molar-refractivity contribution is 5.98. The lowest BCUT2D eigenvalue weighted by molar-refractivity contribution is -0.152. The van der Waals surface area contributed by atoms with Crippen molar-refractivity contribution in [3.63, 3.8) is 0 Å². The van der Waals surface area contributed by atoms with Crippen molar-refractivity contribution in [1.82, 2.24) is 10.2 Å². The molecule has 2 N–H and O–H groups in total. The smallest absolute Gasteiger partial charge is 0.329 e. The van der Waals surface area contributed by atoms with Gasteiger partial charge in [0.05, 0.1) is 6.26 Å². The first kappa shape index (κ1) is 23.7. The fraction of sp³-hybridized carbons (Fsp3) is 0.231. The summed E-state index contributed by atoms with van der Waals surface area (Å²) in [4.78, 5) is 51.8. The van der Waals surface area contributed by atoms with Crippen LogP contribution in [0.2, 0.25) is 0 Å². The maximum atomic E-state index is 13.0. The van der Waals surface area contributed by atoms with Crippen molar-refractivity contribution in [2.45, 2.75) is 25.9 Å². The number of fused-ring (bicyclic) bond motifs is 1. The summed E-state index contributed by atoms with van der Waals surface area (Å²) in [6.07, 6.45) is 1.65. The second-order valence-electron chi connectivity index (χ2n) is 8.00. The number of carbonyl (C=O) groups excluding carboxylic acids is 4. The number of amides is 3. The monoisotopic (exact) mass is 475 g/mol. The van der Waals surface area contributed by atoms with E-state index >= 15 is 0 Å². The Morgan fingerprint density at radius 2 is 1.83 bits per heavy atom. The van der Waals surface area contributed by atoms with Gasteiger partial charge in [0.2, 0.25) is 0 Å². The lowest BCUT2D eigenvalue weighted by atomic mass is 9.93. The fourth-order valence-corrected chi connectivity index (χ4v) is 3.92. The van der Waals surface area contributed by atoms with Gasteiger partial charge in [-0.1, -0.05) is 30.3 Å². The molecule has 1 aromatic heterocycles. The molecule has 0 aliphatic carbocycles. The second-order valence-corrected chi connectivity index (χ2v) is 8.00. The minimum absolute atomic E-state index is 0.118. The number of benzene rings is 2. The van der Waals surface area contributed by atoms with Crippen LogP contribution in [0.1, 0.15) is 39.0 Å². The average molecular weight is 476 g/mol. The van der Waals surface area contributed by atoms with Gasteiger partial charge in [-0.3, -0.25) is 14.4 Å². The van der Waals surface area contributed by atoms with E-state index in [4.69, 9.17) is 9.15 Å². The molecule has 1 aliphatic rings. The van der Waals surface area contributed by atoms with Crippen molar-refractivity contribution in [1.29, 1.82) is 0 Å². The number of hydrogen-bond donors (Lipinski definition) is 2. The van der Waals surface area contributed by atoms with Crippen molar-refractivity contribution in [2.75, 3.05) is 18.5 Å². The molecule has 2 heterocycles. The molecule has 0 bridgehead atoms. The minimum atomic E-state index is -0.906. The molecule has 0 fully saturated rings. The van der Waals surface area contributed by atoms with E-state index in [1.165, 1.54) is 23.3 Å². The Balaban J connectivity index is 1.42. The molecule has 4 rings (SSSR count). The SMILES string of the molecule is CCNC(=O)c1cccc(NC(=O)COC(=O)[C@@H]2Cc3ccccc3CN2C(=O)c2ccco2)c1. The van der Waals surface area contributed by atoms with Gasteiger partial charge in [0.15, 0.2) is 12.4 Å². The fourth-order valence-electron chi connectivity index (χ4n) is 3.92. The number of nitrogens with one attached hydrogen (secondary N) is 2. The Hall–Kier alpha value is -4.40. The molecule has 9 nitrogen and oxygen atoms in total. The van der Waals surface area contributed by atoms with Crippen molar-refractivity contribution in [2.24, 2.45) is 0 Å². The summed E-state index contributed by atoms with van der Waals surface area (Å²) >= 11 is 0. The molecular weight excluding hydrogens is 450 g/mol. The predicted molar refractivity (Wildman–Crippen MR) is 127 cm³/mol. The number of anilines is 1. The highest BCUT2D eigenvalue weighted by atomic mass is 16.5. The van der Waals surface area contributed by atoms with Gasteiger partial charge in [-0.2, -0.15) is 0 Å². The Morgan fingerprint density at radius 1 is 1.03 bits per heavy atom. The molecule has 3 aromatic rings. The predicted octanol–water partition coefficient (Wildman–Crippen LogP) is 2.78. The number of rotatable bonds is 7. The topological polar surface area (TPSA) is 118 Å². The lowest BCUT2D eigenvalue weighted by Crippen LogP contribution is -2.49. The Bertz CT molecular complexity index is 1240. The summed E-state index contributed by atoms with van der Waals surface area (Å²) in [5.41, 5.74) is 2.66. The van der Waals surface area contributed by atoms with E-state index in [1.54, 1.807) is 24.3 Å². The molecule has 0 spiro atoms. The van der Waals surface area contributed by atoms with E-state index in [9.17, 15) is 19.2 Å². The summed E-state index contributed by atoms with van der Waals surface area (Å²) in [5.74, 6) is -1.82. The van der Waals surface area contributed by atoms with Gasteiger partial charge in [0.1, 0.15) is 6.04 Å². The van der Waals surface area contributed by atoms with Crippen LogP contribution >= 0.6 is 0 Å². The quantitative estimate of drug-likeness (QED) is 0.508. The summed E-state index contributed by atoms with van der Waals surface area (Å²) in [6, 6.07) is 16.2. The van der Waals surface area contributed by atoms with E-state index in [0.717, 1.165) is 11.1 Å². The van der Waals surface area contributed by atoms with Crippen molar-refractivity contribution >= 4 is 29.4 Å². The van der Waals surface area contributed by atoms with E-state index in [-0.39, 0.29) is 24.6 Å². The average Bonchev–Trinajstić information content (AvgIpc) is 3.41. The van der Waals surface area contributed by atoms with Crippen LogP contribution in [-0.2, 0) is 27.3 Å². The number of furan rings is 1. The Labute approximate surface area is 202 Å². The van der Waals surface area contributed by atoms with Gasteiger partial charge in [-0.15, -0.1) is 0 Å². The van der Waals surface area contributed by atoms with Crippen LogP contribution < -0.4 is 10.6 Å². The van der Waals surface area contributed by atoms with E-state index < -0.39 is 30.4 Å². The normalized spacial score (nSPS) is 14.5. The maximum Gasteiger partial charge on any atom is 0.329 e. The van der Waals surface area contributed by atoms with E-state index in [2.05, 4.69) is 10.6 Å². The van der Waals surface area contributed by atoms with Crippen molar-refractivity contribution in [3.05, 3.63) is 89.4 Å². The number of esters is 1. The van der Waals surface area contributed by atoms with Gasteiger partial charge < -0.3 is 24.7 Å². The van der Waals surface area contributed by atoms with Crippen LogP contribution in [0.3, 0.4) is 0 Å². The third-order valence-electron chi connectivity index (χ3n) is 5.60. The summed E-state index contributed by atoms with van der Waals surface area (Å²) in [5, 5.41) is 5.31. The first-order valence-corrected chi connectivity index (χ1v) is 11.2. The molecule has 1 atom stereocenters. The zero-order valence-electron chi connectivity index (χ0n) is 19.2. The maximum absolute atomic E-state index is 13.0. The van der Waals surface area contributed by atoms with Gasteiger partial charge in [-0.05, 0) is 48.4 Å². The van der Waals surface area contributed by atoms with Gasteiger partial charge in [-0.25, -0.2) is 4.79 Å². The first-order chi connectivity index (χ1) is 17.0. The molecule has 1 aliphatic heterocycles. The molecule has 3 amide bonds. The summed E-state index contributed by atoms with van der Waals surface area (Å²) in [6.45, 7) is 1.97. The number of nitrogens with zero attached hydrogens (tertiary/aromatic N) is 1. The first-order valence-electron chi connectivity index (χ1n) is 11.2. The van der Waals surface area contributed by atoms with Gasteiger partial charge in [0.25, 0.3) is 17.7 Å². The van der Waals surface area contributed by atoms with Crippen LogP contribution in [-0.4, -0.2) is 47.8 Å². The second kappa shape index (κ2) is 10.7. The summed E-state index contributed by atoms with van der Waals surface area (Å²) in [7, 11) is 0. The highest BCUT2D eigenvalue weighted by Gasteiger charge is 2.37. The third kappa shape index (κ3) is 5.57. The largest absolute Gasteiger partial charge is 0.459 e. The Morgan fingerprint density at radius 3 is 2.57 bits per heavy atom. The van der Waals surface area contributed by atoms with Gasteiger partial charge >= 0.3 is 5.97 Å². The lowest BCUT2D eigenvalue weighted by Gasteiger charge is -2.34. The van der Waals surface area contributed by atoms with Crippen molar-refractivity contribution < 1.29 is 28.3 Å². The van der Waals surface area contributed by atoms with Crippen LogP contribution in [0.25, 0.3) is 0 Å². The molecule has 0 saturated carbocycles. The molecule has 35 heavy (non-hydrogen) atoms. The number of ether oxygens (including phenoxy) is 1. The third-order valence-corrected chi connectivity index (χ3v) is 5.60. The Kier molecular flexibility index (Phi) is 7.25. The molecular formula is C26H25N3O6. The number of carbonyl (C=O) groups is 4. The standard InChI is InChI=1S/C26H25N3O6/c1-2-27-24(31)18-9-5-10-20(13-18)28-23(30)16-35-26(33)21-14-17-7-3-4-8-19(17)15-29(21)25(32)22-11-6-12-34-22/h3-13,21H,2,14-16H2,1H3,(H,27,31)(H,28,30)/t21-/m0/s1. The van der Waals surface area contributed by atoms with Crippen LogP contribution in [0.5, 0.6) is 0 Å². The molecule has 180 valence electrons. The number of hydrogen-bond acceptors (Lipinski definition) is 6. The minimum Gasteiger partial charge on any atom is -0.459 e. The van der Waals surface area contributed by atoms with Crippen LogP contribution in [0.15, 0.2) is 71.3 Å². The van der Waals surface area contributed by atoms with E-state index in [0.29, 0.717) is 17.8 Å². The molecule has 9 heteroatoms. The molecule has 0 saturated heterocycles. The van der Waals surface area contributed by atoms with Crippen LogP contribution in [0, 0.1) is 0 Å². The molecule has 0 radical (unpaired) electrons. The van der Waals surface area contributed by atoms with Crippen molar-refractivity contribution in [3.8, 4) is 0 Å². The van der Waals surface area contributed by atoms with E-state index in [1.807, 2.05) is 31.2 Å². The van der Waals surface area contributed by atoms with Crippen LogP contribution in [0.4, 0.5) is 5.69 Å². The summed E-state index contributed by atoms with van der Waals surface area (Å²) < 4.78 is 10.5. The van der Waals surface area contributed by atoms with Gasteiger partial charge in [0, 0.05) is 30.8 Å². The highest BCUT2D eigenvalue weighted by Crippen LogP contribution is 2.26. The zero-order chi connectivity index (χ0) is 24.8. The molecule has 0 unspecified atom stereocenters. The zero-order valence-corrected chi connectivity index (χ0v) is 19.2.